The molecule has 5 nitrogen and oxygen atoms in total. The number of unbranched alkanes of at least 4 members (excludes halogenated alkanes) is 1. The molecular formula is C21H24N2O3S. The fraction of sp³-hybridized carbons (Fsp3) is 0.333. The summed E-state index contributed by atoms with van der Waals surface area (Å²) < 4.78 is 5.43. The number of nitrogens with zero attached hydrogens (tertiary/aromatic N) is 1. The number of hydrogen-bond donors (Lipinski definition) is 1. The standard InChI is InChI=1S/C21H24N2O3S/c1-3-4-9-19(24)22-16-12-10-15(11-13-16)21-23(20(25)14-27-21)17-7-5-6-8-18(17)26-2/h5-8,10-13,21H,3-4,9,14H2,1-2H3,(H,22,24). The second kappa shape index (κ2) is 8.95. The van der Waals surface area contributed by atoms with Crippen LogP contribution in [0.15, 0.2) is 48.5 Å². The van der Waals surface area contributed by atoms with Crippen molar-refractivity contribution in [2.75, 3.05) is 23.1 Å². The minimum absolute atomic E-state index is 0.0330. The largest absolute Gasteiger partial charge is 0.495 e. The maximum Gasteiger partial charge on any atom is 0.238 e. The van der Waals surface area contributed by atoms with Crippen LogP contribution in [-0.2, 0) is 9.59 Å². The minimum Gasteiger partial charge on any atom is -0.495 e. The first-order valence-corrected chi connectivity index (χ1v) is 10.2. The molecular weight excluding hydrogens is 360 g/mol. The Labute approximate surface area is 164 Å². The zero-order chi connectivity index (χ0) is 19.2. The van der Waals surface area contributed by atoms with Gasteiger partial charge in [-0.2, -0.15) is 0 Å². The van der Waals surface area contributed by atoms with Gasteiger partial charge in [0.2, 0.25) is 11.8 Å². The monoisotopic (exact) mass is 384 g/mol. The quantitative estimate of drug-likeness (QED) is 0.758. The fourth-order valence-electron chi connectivity index (χ4n) is 3.05. The van der Waals surface area contributed by atoms with Crippen molar-refractivity contribution in [1.29, 1.82) is 0 Å². The number of benzene rings is 2. The number of thioether (sulfide) groups is 1. The molecule has 0 aliphatic carbocycles. The van der Waals surface area contributed by atoms with E-state index in [0.717, 1.165) is 29.8 Å². The average Bonchev–Trinajstić information content (AvgIpc) is 3.08. The summed E-state index contributed by atoms with van der Waals surface area (Å²) in [5, 5.41) is 2.81. The first-order chi connectivity index (χ1) is 13.1. The number of rotatable bonds is 7. The topological polar surface area (TPSA) is 58.6 Å². The van der Waals surface area contributed by atoms with E-state index in [9.17, 15) is 9.59 Å². The van der Waals surface area contributed by atoms with Gasteiger partial charge < -0.3 is 10.1 Å². The number of carbonyl (C=O) groups excluding carboxylic acids is 2. The van der Waals surface area contributed by atoms with Crippen LogP contribution in [0.4, 0.5) is 11.4 Å². The van der Waals surface area contributed by atoms with Crippen LogP contribution in [0.3, 0.4) is 0 Å². The first-order valence-electron chi connectivity index (χ1n) is 9.10. The molecule has 1 aliphatic rings. The lowest BCUT2D eigenvalue weighted by Gasteiger charge is -2.26. The Morgan fingerprint density at radius 3 is 2.67 bits per heavy atom. The van der Waals surface area contributed by atoms with E-state index in [-0.39, 0.29) is 17.2 Å². The van der Waals surface area contributed by atoms with E-state index in [0.29, 0.717) is 17.9 Å². The van der Waals surface area contributed by atoms with E-state index >= 15 is 0 Å². The summed E-state index contributed by atoms with van der Waals surface area (Å²) in [4.78, 5) is 26.2. The number of ether oxygens (including phenoxy) is 1. The van der Waals surface area contributed by atoms with Crippen LogP contribution < -0.4 is 15.0 Å². The number of anilines is 2. The smallest absolute Gasteiger partial charge is 0.238 e. The highest BCUT2D eigenvalue weighted by molar-refractivity contribution is 8.00. The van der Waals surface area contributed by atoms with Gasteiger partial charge in [-0.25, -0.2) is 0 Å². The summed E-state index contributed by atoms with van der Waals surface area (Å²) in [6.45, 7) is 2.07. The van der Waals surface area contributed by atoms with Gasteiger partial charge in [-0.1, -0.05) is 37.6 Å². The molecule has 0 aromatic heterocycles. The summed E-state index contributed by atoms with van der Waals surface area (Å²) in [5.41, 5.74) is 2.57. The highest BCUT2D eigenvalue weighted by Crippen LogP contribution is 2.44. The number of amides is 2. The molecule has 3 rings (SSSR count). The third-order valence-electron chi connectivity index (χ3n) is 4.45. The molecule has 2 aromatic rings. The second-order valence-corrected chi connectivity index (χ2v) is 7.44. The van der Waals surface area contributed by atoms with Crippen LogP contribution in [0.5, 0.6) is 5.75 Å². The molecule has 1 N–H and O–H groups in total. The molecule has 1 heterocycles. The molecule has 1 fully saturated rings. The van der Waals surface area contributed by atoms with E-state index in [2.05, 4.69) is 12.2 Å². The van der Waals surface area contributed by atoms with Gasteiger partial charge in [0.05, 0.1) is 18.6 Å². The fourth-order valence-corrected chi connectivity index (χ4v) is 4.22. The third kappa shape index (κ3) is 4.45. The zero-order valence-corrected chi connectivity index (χ0v) is 16.4. The van der Waals surface area contributed by atoms with Crippen molar-refractivity contribution >= 4 is 35.0 Å². The van der Waals surface area contributed by atoms with Crippen molar-refractivity contribution in [2.45, 2.75) is 31.6 Å². The van der Waals surface area contributed by atoms with Gasteiger partial charge in [-0.15, -0.1) is 11.8 Å². The van der Waals surface area contributed by atoms with Gasteiger partial charge >= 0.3 is 0 Å². The maximum absolute atomic E-state index is 12.5. The minimum atomic E-state index is -0.112. The SMILES string of the molecule is CCCCC(=O)Nc1ccc(C2SCC(=O)N2c2ccccc2OC)cc1. The molecule has 1 unspecified atom stereocenters. The average molecular weight is 385 g/mol. The lowest BCUT2D eigenvalue weighted by Crippen LogP contribution is -2.28. The molecule has 2 aromatic carbocycles. The van der Waals surface area contributed by atoms with Crippen molar-refractivity contribution in [2.24, 2.45) is 0 Å². The highest BCUT2D eigenvalue weighted by Gasteiger charge is 2.35. The van der Waals surface area contributed by atoms with Crippen LogP contribution in [0, 0.1) is 0 Å². The Balaban J connectivity index is 1.78. The van der Waals surface area contributed by atoms with Crippen molar-refractivity contribution in [3.8, 4) is 5.75 Å². The van der Waals surface area contributed by atoms with Crippen molar-refractivity contribution in [1.82, 2.24) is 0 Å². The Kier molecular flexibility index (Phi) is 6.40. The van der Waals surface area contributed by atoms with Crippen LogP contribution >= 0.6 is 11.8 Å². The number of hydrogen-bond acceptors (Lipinski definition) is 4. The summed E-state index contributed by atoms with van der Waals surface area (Å²) in [7, 11) is 1.61. The maximum atomic E-state index is 12.5. The first kappa shape index (κ1) is 19.3. The normalized spacial score (nSPS) is 16.4. The molecule has 0 bridgehead atoms. The van der Waals surface area contributed by atoms with Crippen molar-refractivity contribution < 1.29 is 14.3 Å². The Morgan fingerprint density at radius 1 is 1.22 bits per heavy atom. The summed E-state index contributed by atoms with van der Waals surface area (Å²) in [6.07, 6.45) is 2.42. The van der Waals surface area contributed by atoms with E-state index in [1.165, 1.54) is 0 Å². The molecule has 1 saturated heterocycles. The third-order valence-corrected chi connectivity index (χ3v) is 5.66. The number of methoxy groups -OCH3 is 1. The number of para-hydroxylation sites is 2. The van der Waals surface area contributed by atoms with E-state index in [4.69, 9.17) is 4.74 Å². The molecule has 2 amide bonds. The zero-order valence-electron chi connectivity index (χ0n) is 15.6. The van der Waals surface area contributed by atoms with E-state index < -0.39 is 0 Å². The van der Waals surface area contributed by atoms with Crippen LogP contribution in [0.1, 0.15) is 37.1 Å². The van der Waals surface area contributed by atoms with Crippen LogP contribution in [0.25, 0.3) is 0 Å². The van der Waals surface area contributed by atoms with Crippen LogP contribution in [0.2, 0.25) is 0 Å². The van der Waals surface area contributed by atoms with Crippen molar-refractivity contribution in [3.05, 3.63) is 54.1 Å². The molecule has 1 atom stereocenters. The summed E-state index contributed by atoms with van der Waals surface area (Å²) in [5.74, 6) is 1.20. The molecule has 1 aliphatic heterocycles. The Hall–Kier alpha value is -2.47. The van der Waals surface area contributed by atoms with Crippen LogP contribution in [-0.4, -0.2) is 24.7 Å². The molecule has 142 valence electrons. The van der Waals surface area contributed by atoms with Gasteiger partial charge in [-0.05, 0) is 36.2 Å². The van der Waals surface area contributed by atoms with Gasteiger partial charge in [-0.3, -0.25) is 14.5 Å². The second-order valence-electron chi connectivity index (χ2n) is 6.37. The van der Waals surface area contributed by atoms with E-state index in [1.54, 1.807) is 23.8 Å². The van der Waals surface area contributed by atoms with Gasteiger partial charge in [0, 0.05) is 12.1 Å². The lowest BCUT2D eigenvalue weighted by atomic mass is 10.1. The predicted molar refractivity (Wildman–Crippen MR) is 110 cm³/mol. The molecule has 0 radical (unpaired) electrons. The molecule has 6 heteroatoms. The van der Waals surface area contributed by atoms with Gasteiger partial charge in [0.15, 0.2) is 0 Å². The van der Waals surface area contributed by atoms with Gasteiger partial charge in [0.1, 0.15) is 11.1 Å². The van der Waals surface area contributed by atoms with Gasteiger partial charge in [0.25, 0.3) is 0 Å². The molecule has 27 heavy (non-hydrogen) atoms. The van der Waals surface area contributed by atoms with Crippen molar-refractivity contribution in [3.63, 3.8) is 0 Å². The Morgan fingerprint density at radius 2 is 1.96 bits per heavy atom. The number of nitrogens with one attached hydrogen (secondary N) is 1. The summed E-state index contributed by atoms with van der Waals surface area (Å²) in [6, 6.07) is 15.3. The number of carbonyl (C=O) groups is 2. The highest BCUT2D eigenvalue weighted by atomic mass is 32.2. The molecule has 0 saturated carbocycles. The predicted octanol–water partition coefficient (Wildman–Crippen LogP) is 4.60. The van der Waals surface area contributed by atoms with E-state index in [1.807, 2.05) is 48.5 Å². The summed E-state index contributed by atoms with van der Waals surface area (Å²) >= 11 is 1.59. The molecule has 0 spiro atoms. The lowest BCUT2D eigenvalue weighted by molar-refractivity contribution is -0.116. The Bertz CT molecular complexity index is 807.